The predicted octanol–water partition coefficient (Wildman–Crippen LogP) is 0.701. The Morgan fingerprint density at radius 2 is 1.73 bits per heavy atom. The Balaban J connectivity index is 0.000001000. The second-order valence-electron chi connectivity index (χ2n) is 1.79. The topological polar surface area (TPSA) is 40.1 Å². The summed E-state index contributed by atoms with van der Waals surface area (Å²) < 4.78 is 0. The summed E-state index contributed by atoms with van der Waals surface area (Å²) >= 11 is 5.50. The summed E-state index contributed by atoms with van der Waals surface area (Å²) in [6, 6.07) is 5.81. The van der Waals surface area contributed by atoms with Crippen molar-refractivity contribution in [2.45, 2.75) is 0 Å². The van der Waals surface area contributed by atoms with E-state index in [1.807, 2.05) is 0 Å². The molecule has 1 rings (SSSR count). The quantitative estimate of drug-likeness (QED) is 0.700. The molecule has 0 aliphatic rings. The summed E-state index contributed by atoms with van der Waals surface area (Å²) in [6.07, 6.45) is 0. The summed E-state index contributed by atoms with van der Waals surface area (Å²) in [4.78, 5) is 10.2. The molecule has 0 bridgehead atoms. The van der Waals surface area contributed by atoms with Crippen LogP contribution in [0, 0.1) is 0 Å². The third-order valence-electron chi connectivity index (χ3n) is 1.08. The number of carbonyl (C=O) groups is 1. The number of hydrogen-bond donors (Lipinski definition) is 0. The summed E-state index contributed by atoms with van der Waals surface area (Å²) in [5.41, 5.74) is 0.143. The molecule has 62 valence electrons. The first kappa shape index (κ1) is 10.7. The normalized spacial score (nSPS) is 8.45. The van der Waals surface area contributed by atoms with Gasteiger partial charge in [-0.3, -0.25) is 0 Å². The molecule has 4 heteroatoms. The summed E-state index contributed by atoms with van der Waals surface area (Å²) in [6.45, 7) is 0. The molecule has 2 nitrogen and oxygen atoms in total. The van der Waals surface area contributed by atoms with Gasteiger partial charge in [-0.2, -0.15) is 0 Å². The molecule has 0 aromatic heterocycles. The second kappa shape index (κ2) is 4.57. The minimum atomic E-state index is -1.18. The maximum atomic E-state index is 10.2. The Kier molecular flexibility index (Phi) is 4.45. The maximum absolute atomic E-state index is 10.2. The third-order valence-corrected chi connectivity index (χ3v) is 1.33. The van der Waals surface area contributed by atoms with E-state index in [1.54, 1.807) is 0 Å². The van der Waals surface area contributed by atoms with Gasteiger partial charge in [0.15, 0.2) is 0 Å². The number of rotatable bonds is 1. The first-order valence-corrected chi connectivity index (χ1v) is 3.05. The molecule has 1 aromatic carbocycles. The molecule has 0 saturated heterocycles. The summed E-state index contributed by atoms with van der Waals surface area (Å²) in [5, 5.41) is 10.7. The molecule has 0 spiro atoms. The number of halogens is 1. The minimum Gasteiger partial charge on any atom is -0.545 e. The number of carboxylic acid groups (broad SMARTS) is 1. The molecule has 0 radical (unpaired) electrons. The second-order valence-corrected chi connectivity index (χ2v) is 2.23. The molecule has 0 aliphatic carbocycles. The van der Waals surface area contributed by atoms with Crippen molar-refractivity contribution in [3.63, 3.8) is 0 Å². The predicted molar refractivity (Wildman–Crippen MR) is 35.8 cm³/mol. The van der Waals surface area contributed by atoms with Crippen LogP contribution in [0.2, 0.25) is 5.02 Å². The Bertz CT molecular complexity index is 245. The molecule has 11 heavy (non-hydrogen) atoms. The smallest absolute Gasteiger partial charge is 0.545 e. The maximum Gasteiger partial charge on any atom is 1.00 e. The third kappa shape index (κ3) is 3.08. The van der Waals surface area contributed by atoms with Crippen molar-refractivity contribution in [1.29, 1.82) is 0 Å². The molecule has 0 saturated carbocycles. The van der Waals surface area contributed by atoms with Gasteiger partial charge in [-0.25, -0.2) is 0 Å². The fourth-order valence-electron chi connectivity index (χ4n) is 0.586. The van der Waals surface area contributed by atoms with E-state index in [0.717, 1.165) is 0 Å². The van der Waals surface area contributed by atoms with E-state index in [-0.39, 0.29) is 27.9 Å². The number of hydrogen-bond acceptors (Lipinski definition) is 2. The van der Waals surface area contributed by atoms with Crippen LogP contribution in [0.15, 0.2) is 24.3 Å². The van der Waals surface area contributed by atoms with Gasteiger partial charge in [0, 0.05) is 5.02 Å². The molecule has 0 N–H and O–H groups in total. The van der Waals surface area contributed by atoms with Crippen molar-refractivity contribution in [2.24, 2.45) is 0 Å². The Hall–Kier alpha value is -0.280. The largest absolute Gasteiger partial charge is 1.00 e. The van der Waals surface area contributed by atoms with E-state index >= 15 is 0 Å². The van der Waals surface area contributed by atoms with Crippen molar-refractivity contribution in [3.8, 4) is 0 Å². The number of carbonyl (C=O) groups excluding carboxylic acids is 1. The van der Waals surface area contributed by atoms with Gasteiger partial charge < -0.3 is 9.90 Å². The molecule has 0 amide bonds. The summed E-state index contributed by atoms with van der Waals surface area (Å²) in [5.74, 6) is -1.18. The molecule has 0 heterocycles. The van der Waals surface area contributed by atoms with E-state index in [2.05, 4.69) is 0 Å². The van der Waals surface area contributed by atoms with E-state index < -0.39 is 5.97 Å². The van der Waals surface area contributed by atoms with Crippen LogP contribution in [-0.4, -0.2) is 5.97 Å². The number of aromatic carboxylic acids is 1. The van der Waals surface area contributed by atoms with Crippen LogP contribution in [0.25, 0.3) is 0 Å². The van der Waals surface area contributed by atoms with E-state index in [4.69, 9.17) is 11.6 Å². The van der Waals surface area contributed by atoms with Crippen molar-refractivity contribution >= 4 is 17.6 Å². The van der Waals surface area contributed by atoms with Crippen molar-refractivity contribution < 1.29 is 32.3 Å². The van der Waals surface area contributed by atoms with Gasteiger partial charge in [-0.1, -0.05) is 23.7 Å². The van der Waals surface area contributed by atoms with Gasteiger partial charge in [-0.05, 0) is 17.7 Å². The van der Waals surface area contributed by atoms with Gasteiger partial charge >= 0.3 is 22.4 Å². The number of benzene rings is 1. The van der Waals surface area contributed by atoms with Crippen LogP contribution in [-0.2, 0) is 22.4 Å². The van der Waals surface area contributed by atoms with Gasteiger partial charge in [0.25, 0.3) is 0 Å². The first-order valence-electron chi connectivity index (χ1n) is 2.67. The average molecular weight is 263 g/mol. The molecule has 0 atom stereocenters. The van der Waals surface area contributed by atoms with Gasteiger partial charge in [-0.15, -0.1) is 0 Å². The van der Waals surface area contributed by atoms with E-state index in [9.17, 15) is 9.90 Å². The molecule has 1 aromatic rings. The standard InChI is InChI=1S/C7H5ClO2.Ag/c8-6-3-1-5(2-4-6)7(9)10;/h1-4H,(H,9,10);/q;+1/p-1. The van der Waals surface area contributed by atoms with E-state index in [0.29, 0.717) is 5.02 Å². The van der Waals surface area contributed by atoms with Gasteiger partial charge in [0.2, 0.25) is 0 Å². The Labute approximate surface area is 84.7 Å². The zero-order valence-electron chi connectivity index (χ0n) is 5.31. The SMILES string of the molecule is O=C([O-])c1ccc(Cl)cc1.[Ag+]. The fourth-order valence-corrected chi connectivity index (χ4v) is 0.712. The van der Waals surface area contributed by atoms with Crippen LogP contribution in [0.5, 0.6) is 0 Å². The number of carboxylic acids is 1. The van der Waals surface area contributed by atoms with Gasteiger partial charge in [0.1, 0.15) is 0 Å². The molecule has 0 fully saturated rings. The van der Waals surface area contributed by atoms with Gasteiger partial charge in [0.05, 0.1) is 5.97 Å². The zero-order chi connectivity index (χ0) is 7.56. The Morgan fingerprint density at radius 1 is 1.27 bits per heavy atom. The summed E-state index contributed by atoms with van der Waals surface area (Å²) in [7, 11) is 0. The van der Waals surface area contributed by atoms with Crippen LogP contribution < -0.4 is 5.11 Å². The molecular formula is C7H4AgClO2. The zero-order valence-corrected chi connectivity index (χ0v) is 7.54. The molecular weight excluding hydrogens is 259 g/mol. The van der Waals surface area contributed by atoms with Crippen molar-refractivity contribution in [1.82, 2.24) is 0 Å². The van der Waals surface area contributed by atoms with E-state index in [1.165, 1.54) is 24.3 Å². The average Bonchev–Trinajstić information content (AvgIpc) is 1.88. The monoisotopic (exact) mass is 262 g/mol. The fraction of sp³-hybridized carbons (Fsp3) is 0. The van der Waals surface area contributed by atoms with Crippen LogP contribution in [0.3, 0.4) is 0 Å². The Morgan fingerprint density at radius 3 is 2.09 bits per heavy atom. The van der Waals surface area contributed by atoms with Crippen LogP contribution in [0.1, 0.15) is 10.4 Å². The van der Waals surface area contributed by atoms with Crippen molar-refractivity contribution in [3.05, 3.63) is 34.9 Å². The van der Waals surface area contributed by atoms with Crippen LogP contribution in [0.4, 0.5) is 0 Å². The molecule has 0 unspecified atom stereocenters. The van der Waals surface area contributed by atoms with Crippen LogP contribution >= 0.6 is 11.6 Å². The van der Waals surface area contributed by atoms with Crippen molar-refractivity contribution in [2.75, 3.05) is 0 Å². The first-order chi connectivity index (χ1) is 4.70. The minimum absolute atomic E-state index is 0. The molecule has 0 aliphatic heterocycles.